The molecule has 0 nitrogen and oxygen atoms in total. The summed E-state index contributed by atoms with van der Waals surface area (Å²) >= 11 is 0. The van der Waals surface area contributed by atoms with Crippen LogP contribution in [0.25, 0.3) is 21.9 Å². The molecular formula is C22H22. The summed E-state index contributed by atoms with van der Waals surface area (Å²) in [6.07, 6.45) is 0. The van der Waals surface area contributed by atoms with E-state index in [0.29, 0.717) is 0 Å². The molecule has 1 aliphatic carbocycles. The lowest BCUT2D eigenvalue weighted by molar-refractivity contribution is 0.644. The Hall–Kier alpha value is -2.08. The highest BCUT2D eigenvalue weighted by atomic mass is 14.4. The Morgan fingerprint density at radius 3 is 2.14 bits per heavy atom. The fourth-order valence-corrected chi connectivity index (χ4v) is 4.04. The minimum absolute atomic E-state index is 0.0480. The van der Waals surface area contributed by atoms with Gasteiger partial charge in [0.15, 0.2) is 0 Å². The van der Waals surface area contributed by atoms with Crippen molar-refractivity contribution in [2.75, 3.05) is 0 Å². The normalized spacial score (nSPS) is 15.0. The van der Waals surface area contributed by atoms with E-state index >= 15 is 0 Å². The predicted molar refractivity (Wildman–Crippen MR) is 95.7 cm³/mol. The van der Waals surface area contributed by atoms with Crippen molar-refractivity contribution in [2.45, 2.75) is 40.0 Å². The Morgan fingerprint density at radius 1 is 0.682 bits per heavy atom. The van der Waals surface area contributed by atoms with Crippen LogP contribution >= 0.6 is 0 Å². The standard InChI is InChI=1S/C22H22/c1-13-6-8-16-17-9-7-15(3)18-10-14(2)12-20(21(17)18)22(4,5)19(16)11-13/h6-12H,1-5H3. The lowest BCUT2D eigenvalue weighted by atomic mass is 9.67. The van der Waals surface area contributed by atoms with E-state index in [0.717, 1.165) is 0 Å². The molecule has 22 heavy (non-hydrogen) atoms. The average Bonchev–Trinajstić information content (AvgIpc) is 2.47. The summed E-state index contributed by atoms with van der Waals surface area (Å²) in [6, 6.07) is 16.2. The molecule has 0 aromatic heterocycles. The van der Waals surface area contributed by atoms with Gasteiger partial charge in [-0.15, -0.1) is 0 Å². The SMILES string of the molecule is Cc1ccc2c(c1)C(C)(C)c1cc(C)cc3c(C)ccc-2c13. The lowest BCUT2D eigenvalue weighted by Gasteiger charge is -2.36. The maximum Gasteiger partial charge on any atom is 0.0159 e. The van der Waals surface area contributed by atoms with Gasteiger partial charge in [-0.05, 0) is 59.4 Å². The fourth-order valence-electron chi connectivity index (χ4n) is 4.04. The lowest BCUT2D eigenvalue weighted by Crippen LogP contribution is -2.24. The summed E-state index contributed by atoms with van der Waals surface area (Å²) in [6.45, 7) is 11.4. The monoisotopic (exact) mass is 286 g/mol. The highest BCUT2D eigenvalue weighted by molar-refractivity contribution is 6.04. The van der Waals surface area contributed by atoms with Gasteiger partial charge >= 0.3 is 0 Å². The van der Waals surface area contributed by atoms with Crippen LogP contribution in [0.5, 0.6) is 0 Å². The van der Waals surface area contributed by atoms with E-state index in [1.165, 1.54) is 49.7 Å². The predicted octanol–water partition coefficient (Wildman–Crippen LogP) is 6.07. The largest absolute Gasteiger partial charge is 0.0587 e. The van der Waals surface area contributed by atoms with Crippen LogP contribution in [0.1, 0.15) is 41.7 Å². The van der Waals surface area contributed by atoms with Gasteiger partial charge in [0, 0.05) is 5.41 Å². The minimum Gasteiger partial charge on any atom is -0.0587 e. The van der Waals surface area contributed by atoms with Crippen LogP contribution in [-0.2, 0) is 5.41 Å². The molecule has 0 fully saturated rings. The molecule has 0 bridgehead atoms. The zero-order chi connectivity index (χ0) is 15.6. The van der Waals surface area contributed by atoms with Crippen LogP contribution in [0.3, 0.4) is 0 Å². The van der Waals surface area contributed by atoms with Crippen molar-refractivity contribution < 1.29 is 0 Å². The van der Waals surface area contributed by atoms with E-state index < -0.39 is 0 Å². The summed E-state index contributed by atoms with van der Waals surface area (Å²) in [5, 5.41) is 2.86. The molecule has 0 aliphatic heterocycles. The first-order chi connectivity index (χ1) is 10.4. The molecule has 0 heteroatoms. The van der Waals surface area contributed by atoms with Gasteiger partial charge in [0.2, 0.25) is 0 Å². The first-order valence-corrected chi connectivity index (χ1v) is 8.05. The molecule has 1 aliphatic rings. The number of aryl methyl sites for hydroxylation is 3. The third-order valence-corrected chi connectivity index (χ3v) is 5.29. The highest BCUT2D eigenvalue weighted by Crippen LogP contribution is 2.49. The van der Waals surface area contributed by atoms with E-state index in [1.54, 1.807) is 0 Å². The molecule has 4 rings (SSSR count). The zero-order valence-electron chi connectivity index (χ0n) is 14.0. The molecule has 0 atom stereocenters. The first kappa shape index (κ1) is 13.6. The quantitative estimate of drug-likeness (QED) is 0.470. The van der Waals surface area contributed by atoms with Crippen LogP contribution in [0, 0.1) is 20.8 Å². The van der Waals surface area contributed by atoms with Gasteiger partial charge in [-0.2, -0.15) is 0 Å². The van der Waals surface area contributed by atoms with Gasteiger partial charge in [-0.1, -0.05) is 67.4 Å². The van der Waals surface area contributed by atoms with Crippen molar-refractivity contribution in [1.82, 2.24) is 0 Å². The number of rotatable bonds is 0. The first-order valence-electron chi connectivity index (χ1n) is 8.05. The van der Waals surface area contributed by atoms with Crippen LogP contribution in [0.15, 0.2) is 42.5 Å². The molecule has 0 amide bonds. The zero-order valence-corrected chi connectivity index (χ0v) is 14.0. The second-order valence-electron chi connectivity index (χ2n) is 7.34. The summed E-state index contributed by atoms with van der Waals surface area (Å²) in [5.74, 6) is 0. The molecule has 3 aromatic carbocycles. The van der Waals surface area contributed by atoms with Gasteiger partial charge in [0.25, 0.3) is 0 Å². The van der Waals surface area contributed by atoms with E-state index in [9.17, 15) is 0 Å². The average molecular weight is 286 g/mol. The van der Waals surface area contributed by atoms with Crippen LogP contribution < -0.4 is 0 Å². The number of benzene rings is 3. The maximum atomic E-state index is 2.39. The topological polar surface area (TPSA) is 0 Å². The fraction of sp³-hybridized carbons (Fsp3) is 0.273. The van der Waals surface area contributed by atoms with E-state index in [-0.39, 0.29) is 5.41 Å². The summed E-state index contributed by atoms with van der Waals surface area (Å²) in [7, 11) is 0. The van der Waals surface area contributed by atoms with Crippen LogP contribution in [0.4, 0.5) is 0 Å². The molecule has 0 radical (unpaired) electrons. The van der Waals surface area contributed by atoms with Gasteiger partial charge in [-0.3, -0.25) is 0 Å². The number of hydrogen-bond donors (Lipinski definition) is 0. The molecule has 0 N–H and O–H groups in total. The summed E-state index contributed by atoms with van der Waals surface area (Å²) in [4.78, 5) is 0. The summed E-state index contributed by atoms with van der Waals surface area (Å²) < 4.78 is 0. The number of hydrogen-bond acceptors (Lipinski definition) is 0. The van der Waals surface area contributed by atoms with Crippen molar-refractivity contribution in [1.29, 1.82) is 0 Å². The second-order valence-corrected chi connectivity index (χ2v) is 7.34. The van der Waals surface area contributed by atoms with Gasteiger partial charge in [0.1, 0.15) is 0 Å². The summed E-state index contributed by atoms with van der Waals surface area (Å²) in [5.41, 5.74) is 9.83. The Labute approximate surface area is 132 Å². The highest BCUT2D eigenvalue weighted by Gasteiger charge is 2.33. The van der Waals surface area contributed by atoms with Crippen molar-refractivity contribution in [3.05, 3.63) is 70.3 Å². The second kappa shape index (κ2) is 4.23. The van der Waals surface area contributed by atoms with E-state index in [1.807, 2.05) is 0 Å². The van der Waals surface area contributed by atoms with Crippen LogP contribution in [-0.4, -0.2) is 0 Å². The van der Waals surface area contributed by atoms with Crippen molar-refractivity contribution >= 4 is 10.8 Å². The van der Waals surface area contributed by atoms with Crippen molar-refractivity contribution in [3.63, 3.8) is 0 Å². The van der Waals surface area contributed by atoms with E-state index in [4.69, 9.17) is 0 Å². The smallest absolute Gasteiger partial charge is 0.0159 e. The Balaban J connectivity index is 2.27. The third kappa shape index (κ3) is 1.64. The molecule has 0 spiro atoms. The maximum absolute atomic E-state index is 2.39. The minimum atomic E-state index is 0.0480. The molecular weight excluding hydrogens is 264 g/mol. The van der Waals surface area contributed by atoms with Gasteiger partial charge in [-0.25, -0.2) is 0 Å². The molecule has 3 aromatic rings. The molecule has 0 heterocycles. The molecule has 0 saturated heterocycles. The molecule has 0 saturated carbocycles. The van der Waals surface area contributed by atoms with Crippen molar-refractivity contribution in [3.8, 4) is 11.1 Å². The van der Waals surface area contributed by atoms with Crippen molar-refractivity contribution in [2.24, 2.45) is 0 Å². The van der Waals surface area contributed by atoms with E-state index in [2.05, 4.69) is 77.1 Å². The van der Waals surface area contributed by atoms with Gasteiger partial charge in [0.05, 0.1) is 0 Å². The van der Waals surface area contributed by atoms with Crippen LogP contribution in [0.2, 0.25) is 0 Å². The number of fused-ring (bicyclic) bond motifs is 2. The molecule has 0 unspecified atom stereocenters. The van der Waals surface area contributed by atoms with Gasteiger partial charge < -0.3 is 0 Å². The Bertz CT molecular complexity index is 926. The molecule has 110 valence electrons. The Kier molecular flexibility index (Phi) is 2.61. The third-order valence-electron chi connectivity index (χ3n) is 5.29. The Morgan fingerprint density at radius 2 is 1.36 bits per heavy atom.